The standard InChI is InChI=1S/C15H10BrF3N4O4S/c1-27-8-2-3-9(16)11(6-8)28(25,26)22-13(24)12-10-7-20-4-5-23(10)14(21-12)15(17,18)19/h2-7H,1H3,(H,22,24). The number of imidazole rings is 1. The number of aromatic nitrogens is 3. The van der Waals surface area contributed by atoms with Gasteiger partial charge in [-0.05, 0) is 28.1 Å². The van der Waals surface area contributed by atoms with Crippen LogP contribution < -0.4 is 9.46 Å². The van der Waals surface area contributed by atoms with Crippen LogP contribution >= 0.6 is 15.9 Å². The average molecular weight is 479 g/mol. The topological polar surface area (TPSA) is 103 Å². The summed E-state index contributed by atoms with van der Waals surface area (Å²) in [7, 11) is -3.12. The molecule has 8 nitrogen and oxygen atoms in total. The maximum atomic E-state index is 13.2. The Morgan fingerprint density at radius 1 is 1.32 bits per heavy atom. The van der Waals surface area contributed by atoms with E-state index in [4.69, 9.17) is 4.74 Å². The van der Waals surface area contributed by atoms with Gasteiger partial charge in [-0.25, -0.2) is 18.1 Å². The van der Waals surface area contributed by atoms with E-state index in [0.717, 1.165) is 24.7 Å². The van der Waals surface area contributed by atoms with Gasteiger partial charge in [0.15, 0.2) is 5.69 Å². The molecule has 3 aromatic rings. The number of hydrogen-bond acceptors (Lipinski definition) is 6. The number of alkyl halides is 3. The van der Waals surface area contributed by atoms with Gasteiger partial charge in [0.05, 0.1) is 18.8 Å². The van der Waals surface area contributed by atoms with E-state index in [-0.39, 0.29) is 20.6 Å². The van der Waals surface area contributed by atoms with E-state index >= 15 is 0 Å². The molecule has 1 aromatic carbocycles. The number of carbonyl (C=O) groups is 1. The molecule has 2 aromatic heterocycles. The molecule has 0 fully saturated rings. The first-order valence-corrected chi connectivity index (χ1v) is 9.62. The first-order chi connectivity index (χ1) is 13.0. The number of fused-ring (bicyclic) bond motifs is 1. The molecule has 1 amide bonds. The molecule has 0 unspecified atom stereocenters. The third kappa shape index (κ3) is 3.67. The number of benzene rings is 1. The average Bonchev–Trinajstić information content (AvgIpc) is 3.02. The van der Waals surface area contributed by atoms with Gasteiger partial charge in [0.25, 0.3) is 15.9 Å². The third-order valence-electron chi connectivity index (χ3n) is 3.57. The predicted octanol–water partition coefficient (Wildman–Crippen LogP) is 2.64. The second-order valence-electron chi connectivity index (χ2n) is 5.34. The van der Waals surface area contributed by atoms with E-state index in [2.05, 4.69) is 25.9 Å². The molecular formula is C15H10BrF3N4O4S. The lowest BCUT2D eigenvalue weighted by molar-refractivity contribution is -0.145. The van der Waals surface area contributed by atoms with E-state index in [0.29, 0.717) is 4.40 Å². The summed E-state index contributed by atoms with van der Waals surface area (Å²) in [6, 6.07) is 4.01. The van der Waals surface area contributed by atoms with Crippen molar-refractivity contribution < 1.29 is 31.1 Å². The molecule has 28 heavy (non-hydrogen) atoms. The maximum absolute atomic E-state index is 13.2. The summed E-state index contributed by atoms with van der Waals surface area (Å²) in [5.41, 5.74) is -1.03. The highest BCUT2D eigenvalue weighted by Gasteiger charge is 2.38. The van der Waals surface area contributed by atoms with Crippen LogP contribution in [0.15, 0.2) is 46.2 Å². The lowest BCUT2D eigenvalue weighted by Gasteiger charge is -2.09. The second kappa shape index (κ2) is 7.05. The SMILES string of the molecule is COc1ccc(Br)c(S(=O)(=O)NC(=O)c2nc(C(F)(F)F)n3ccncc23)c1. The first-order valence-electron chi connectivity index (χ1n) is 7.34. The van der Waals surface area contributed by atoms with Crippen LogP contribution in [0.5, 0.6) is 5.75 Å². The van der Waals surface area contributed by atoms with Gasteiger partial charge in [0.2, 0.25) is 5.82 Å². The molecule has 0 aliphatic heterocycles. The van der Waals surface area contributed by atoms with E-state index < -0.39 is 33.6 Å². The van der Waals surface area contributed by atoms with Crippen LogP contribution in [0.25, 0.3) is 5.52 Å². The Labute approximate surface area is 164 Å². The number of carbonyl (C=O) groups excluding carboxylic acids is 1. The van der Waals surface area contributed by atoms with E-state index in [1.807, 2.05) is 0 Å². The van der Waals surface area contributed by atoms with Crippen molar-refractivity contribution in [1.82, 2.24) is 19.1 Å². The Balaban J connectivity index is 2.04. The lowest BCUT2D eigenvalue weighted by atomic mass is 10.3. The molecule has 3 rings (SSSR count). The minimum atomic E-state index is -4.86. The summed E-state index contributed by atoms with van der Waals surface area (Å²) < 4.78 is 72.0. The van der Waals surface area contributed by atoms with E-state index in [1.54, 1.807) is 4.72 Å². The quantitative estimate of drug-likeness (QED) is 0.618. The second-order valence-corrected chi connectivity index (χ2v) is 7.85. The molecule has 0 aliphatic carbocycles. The fourth-order valence-corrected chi connectivity index (χ4v) is 4.28. The largest absolute Gasteiger partial charge is 0.497 e. The van der Waals surface area contributed by atoms with E-state index in [9.17, 15) is 26.4 Å². The van der Waals surface area contributed by atoms with Crippen LogP contribution in [0.3, 0.4) is 0 Å². The zero-order valence-electron chi connectivity index (χ0n) is 13.9. The molecule has 0 saturated heterocycles. The summed E-state index contributed by atoms with van der Waals surface area (Å²) in [5.74, 6) is -2.52. The van der Waals surface area contributed by atoms with Crippen molar-refractivity contribution in [3.05, 3.63) is 52.8 Å². The molecule has 0 atom stereocenters. The van der Waals surface area contributed by atoms with Gasteiger partial charge < -0.3 is 4.74 Å². The fraction of sp³-hybridized carbons (Fsp3) is 0.133. The zero-order chi connectivity index (χ0) is 20.7. The third-order valence-corrected chi connectivity index (χ3v) is 5.90. The highest BCUT2D eigenvalue weighted by molar-refractivity contribution is 9.10. The Morgan fingerprint density at radius 2 is 2.04 bits per heavy atom. The molecule has 0 spiro atoms. The van der Waals surface area contributed by atoms with Crippen molar-refractivity contribution in [1.29, 1.82) is 0 Å². The lowest BCUT2D eigenvalue weighted by Crippen LogP contribution is -2.31. The van der Waals surface area contributed by atoms with Crippen molar-refractivity contribution in [3.63, 3.8) is 0 Å². The van der Waals surface area contributed by atoms with Crippen molar-refractivity contribution in [2.75, 3.05) is 7.11 Å². The molecule has 0 aliphatic rings. The molecule has 0 saturated carbocycles. The number of ether oxygens (including phenoxy) is 1. The van der Waals surface area contributed by atoms with Crippen molar-refractivity contribution >= 4 is 37.4 Å². The molecule has 1 N–H and O–H groups in total. The first kappa shape index (κ1) is 20.1. The van der Waals surface area contributed by atoms with Crippen LogP contribution in [-0.4, -0.2) is 35.8 Å². The van der Waals surface area contributed by atoms with Crippen LogP contribution in [0.4, 0.5) is 13.2 Å². The maximum Gasteiger partial charge on any atom is 0.450 e. The smallest absolute Gasteiger partial charge is 0.450 e. The van der Waals surface area contributed by atoms with Gasteiger partial charge in [-0.15, -0.1) is 0 Å². The van der Waals surface area contributed by atoms with Gasteiger partial charge in [-0.3, -0.25) is 14.2 Å². The molecular weight excluding hydrogens is 469 g/mol. The summed E-state index contributed by atoms with van der Waals surface area (Å²) in [6.45, 7) is 0. The van der Waals surface area contributed by atoms with Gasteiger partial charge in [-0.2, -0.15) is 13.2 Å². The minimum absolute atomic E-state index is 0.126. The normalized spacial score (nSPS) is 12.2. The summed E-state index contributed by atoms with van der Waals surface area (Å²) in [6.07, 6.45) is -1.84. The number of nitrogens with one attached hydrogen (secondary N) is 1. The van der Waals surface area contributed by atoms with Gasteiger partial charge >= 0.3 is 6.18 Å². The molecule has 148 valence electrons. The van der Waals surface area contributed by atoms with Gasteiger partial charge in [-0.1, -0.05) is 0 Å². The number of amides is 1. The molecule has 0 bridgehead atoms. The minimum Gasteiger partial charge on any atom is -0.497 e. The number of hydrogen-bond donors (Lipinski definition) is 1. The van der Waals surface area contributed by atoms with Gasteiger partial charge in [0, 0.05) is 22.9 Å². The molecule has 13 heteroatoms. The van der Waals surface area contributed by atoms with Crippen LogP contribution in [0.1, 0.15) is 16.3 Å². The van der Waals surface area contributed by atoms with Crippen LogP contribution in [0.2, 0.25) is 0 Å². The monoisotopic (exact) mass is 478 g/mol. The van der Waals surface area contributed by atoms with Crippen molar-refractivity contribution in [3.8, 4) is 5.75 Å². The van der Waals surface area contributed by atoms with Crippen LogP contribution in [-0.2, 0) is 16.2 Å². The fourth-order valence-electron chi connectivity index (χ4n) is 2.35. The highest BCUT2D eigenvalue weighted by atomic mass is 79.9. The predicted molar refractivity (Wildman–Crippen MR) is 93.3 cm³/mol. The number of rotatable bonds is 4. The number of nitrogens with zero attached hydrogens (tertiary/aromatic N) is 3. The molecule has 0 radical (unpaired) electrons. The van der Waals surface area contributed by atoms with Crippen molar-refractivity contribution in [2.24, 2.45) is 0 Å². The summed E-state index contributed by atoms with van der Waals surface area (Å²) >= 11 is 3.05. The van der Waals surface area contributed by atoms with Crippen molar-refractivity contribution in [2.45, 2.75) is 11.1 Å². The Bertz CT molecular complexity index is 1180. The Hall–Kier alpha value is -2.67. The summed E-state index contributed by atoms with van der Waals surface area (Å²) in [4.78, 5) is 19.1. The Kier molecular flexibility index (Phi) is 5.06. The summed E-state index contributed by atoms with van der Waals surface area (Å²) in [5, 5.41) is 0. The van der Waals surface area contributed by atoms with E-state index in [1.165, 1.54) is 19.2 Å². The molecule has 2 heterocycles. The van der Waals surface area contributed by atoms with Crippen LogP contribution in [0, 0.1) is 0 Å². The van der Waals surface area contributed by atoms with Gasteiger partial charge in [0.1, 0.15) is 10.6 Å². The number of sulfonamides is 1. The highest BCUT2D eigenvalue weighted by Crippen LogP contribution is 2.30. The number of halogens is 4. The number of methoxy groups -OCH3 is 1. The Morgan fingerprint density at radius 3 is 2.68 bits per heavy atom. The zero-order valence-corrected chi connectivity index (χ0v) is 16.3.